The van der Waals surface area contributed by atoms with Crippen LogP contribution in [0.15, 0.2) is 66.0 Å². The van der Waals surface area contributed by atoms with Crippen molar-refractivity contribution in [1.29, 1.82) is 0 Å². The normalized spacial score (nSPS) is 18.7. The molecule has 1 aliphatic heterocycles. The zero-order valence-electron chi connectivity index (χ0n) is 14.2. The summed E-state index contributed by atoms with van der Waals surface area (Å²) < 4.78 is 33.5. The fraction of sp³-hybridized carbons (Fsp3) is 0.263. The average molecular weight is 369 g/mol. The molecule has 0 amide bonds. The first-order valence-corrected chi connectivity index (χ1v) is 9.98. The molecule has 1 atom stereocenters. The third-order valence-electron chi connectivity index (χ3n) is 4.54. The summed E-state index contributed by atoms with van der Waals surface area (Å²) in [7, 11) is -3.56. The summed E-state index contributed by atoms with van der Waals surface area (Å²) in [5.74, 6) is 0.468. The van der Waals surface area contributed by atoms with Crippen LogP contribution in [0.5, 0.6) is 5.88 Å². The van der Waals surface area contributed by atoms with Gasteiger partial charge in [-0.05, 0) is 35.7 Å². The molecule has 0 radical (unpaired) electrons. The molecule has 0 spiro atoms. The van der Waals surface area contributed by atoms with E-state index in [2.05, 4.69) is 9.97 Å². The molecule has 1 aromatic heterocycles. The van der Waals surface area contributed by atoms with Crippen LogP contribution in [0.25, 0.3) is 10.8 Å². The highest BCUT2D eigenvalue weighted by Crippen LogP contribution is 2.25. The number of fused-ring (bicyclic) bond motifs is 1. The highest BCUT2D eigenvalue weighted by atomic mass is 32.2. The molecule has 0 bridgehead atoms. The van der Waals surface area contributed by atoms with Crippen molar-refractivity contribution >= 4 is 20.8 Å². The first-order chi connectivity index (χ1) is 12.6. The predicted octanol–water partition coefficient (Wildman–Crippen LogP) is 2.86. The number of aromatic nitrogens is 2. The van der Waals surface area contributed by atoms with Gasteiger partial charge in [0.15, 0.2) is 0 Å². The lowest BCUT2D eigenvalue weighted by atomic mass is 10.1. The van der Waals surface area contributed by atoms with Gasteiger partial charge in [-0.3, -0.25) is 0 Å². The molecule has 3 aromatic rings. The topological polar surface area (TPSA) is 72.4 Å². The average Bonchev–Trinajstić information content (AvgIpc) is 2.68. The van der Waals surface area contributed by atoms with Crippen LogP contribution in [0.1, 0.15) is 12.8 Å². The van der Waals surface area contributed by atoms with E-state index in [9.17, 15) is 8.42 Å². The molecular formula is C19H19N3O3S. The Bertz CT molecular complexity index is 1010. The summed E-state index contributed by atoms with van der Waals surface area (Å²) in [6, 6.07) is 14.7. The predicted molar refractivity (Wildman–Crippen MR) is 98.4 cm³/mol. The van der Waals surface area contributed by atoms with E-state index in [4.69, 9.17) is 4.74 Å². The Morgan fingerprint density at radius 2 is 1.92 bits per heavy atom. The maximum atomic E-state index is 13.1. The third kappa shape index (κ3) is 3.40. The van der Waals surface area contributed by atoms with Gasteiger partial charge in [-0.25, -0.2) is 18.4 Å². The molecule has 1 aliphatic rings. The lowest BCUT2D eigenvalue weighted by molar-refractivity contribution is 0.124. The lowest BCUT2D eigenvalue weighted by Gasteiger charge is -2.31. The summed E-state index contributed by atoms with van der Waals surface area (Å²) in [6.07, 6.45) is 4.36. The second-order valence-corrected chi connectivity index (χ2v) is 8.24. The Balaban J connectivity index is 1.56. The molecule has 1 unspecified atom stereocenters. The molecule has 26 heavy (non-hydrogen) atoms. The fourth-order valence-corrected chi connectivity index (χ4v) is 4.76. The molecule has 7 heteroatoms. The minimum Gasteiger partial charge on any atom is -0.473 e. The Morgan fingerprint density at radius 1 is 1.08 bits per heavy atom. The van der Waals surface area contributed by atoms with Crippen LogP contribution < -0.4 is 4.74 Å². The second kappa shape index (κ2) is 7.01. The zero-order chi connectivity index (χ0) is 18.0. The fourth-order valence-electron chi connectivity index (χ4n) is 3.22. The first-order valence-electron chi connectivity index (χ1n) is 8.54. The number of piperidine rings is 1. The Labute approximate surface area is 152 Å². The Morgan fingerprint density at radius 3 is 2.73 bits per heavy atom. The number of hydrogen-bond acceptors (Lipinski definition) is 5. The van der Waals surface area contributed by atoms with Crippen LogP contribution in [0.4, 0.5) is 0 Å². The Kier molecular flexibility index (Phi) is 4.57. The Hall–Kier alpha value is -2.51. The monoisotopic (exact) mass is 369 g/mol. The summed E-state index contributed by atoms with van der Waals surface area (Å²) in [6.45, 7) is 0.817. The van der Waals surface area contributed by atoms with Gasteiger partial charge < -0.3 is 4.74 Å². The van der Waals surface area contributed by atoms with Gasteiger partial charge in [0.2, 0.25) is 15.9 Å². The van der Waals surface area contributed by atoms with E-state index < -0.39 is 10.0 Å². The van der Waals surface area contributed by atoms with Crippen LogP contribution in [-0.4, -0.2) is 41.9 Å². The molecule has 2 heterocycles. The molecule has 2 aromatic carbocycles. The second-order valence-electron chi connectivity index (χ2n) is 6.30. The minimum absolute atomic E-state index is 0.214. The maximum Gasteiger partial charge on any atom is 0.243 e. The standard InChI is InChI=1S/C19H19N3O3S/c23-26(24,18-8-7-15-4-1-2-5-16(15)12-18)22-11-3-6-17(13-22)25-19-9-10-20-14-21-19/h1-2,4-5,7-10,12,14,17H,3,6,11,13H2. The molecule has 1 fully saturated rings. The number of hydrogen-bond donors (Lipinski definition) is 0. The van der Waals surface area contributed by atoms with E-state index in [1.54, 1.807) is 24.4 Å². The van der Waals surface area contributed by atoms with E-state index >= 15 is 0 Å². The maximum absolute atomic E-state index is 13.1. The van der Waals surface area contributed by atoms with Gasteiger partial charge in [0.05, 0.1) is 11.4 Å². The van der Waals surface area contributed by atoms with Crippen molar-refractivity contribution in [2.45, 2.75) is 23.8 Å². The molecule has 6 nitrogen and oxygen atoms in total. The van der Waals surface area contributed by atoms with Gasteiger partial charge in [0.1, 0.15) is 12.4 Å². The lowest BCUT2D eigenvalue weighted by Crippen LogP contribution is -2.44. The van der Waals surface area contributed by atoms with Crippen molar-refractivity contribution in [3.8, 4) is 5.88 Å². The van der Waals surface area contributed by atoms with Crippen molar-refractivity contribution in [3.05, 3.63) is 61.1 Å². The summed E-state index contributed by atoms with van der Waals surface area (Å²) in [5.41, 5.74) is 0. The number of sulfonamides is 1. The van der Waals surface area contributed by atoms with Crippen molar-refractivity contribution < 1.29 is 13.2 Å². The van der Waals surface area contributed by atoms with E-state index in [1.165, 1.54) is 10.6 Å². The number of ether oxygens (including phenoxy) is 1. The van der Waals surface area contributed by atoms with Gasteiger partial charge in [-0.1, -0.05) is 30.3 Å². The van der Waals surface area contributed by atoms with Gasteiger partial charge in [-0.15, -0.1) is 0 Å². The molecule has 134 valence electrons. The highest BCUT2D eigenvalue weighted by Gasteiger charge is 2.31. The van der Waals surface area contributed by atoms with Crippen LogP contribution in [-0.2, 0) is 10.0 Å². The van der Waals surface area contributed by atoms with Crippen molar-refractivity contribution in [3.63, 3.8) is 0 Å². The number of benzene rings is 2. The smallest absolute Gasteiger partial charge is 0.243 e. The van der Waals surface area contributed by atoms with Gasteiger partial charge in [-0.2, -0.15) is 4.31 Å². The van der Waals surface area contributed by atoms with E-state index in [0.29, 0.717) is 23.9 Å². The van der Waals surface area contributed by atoms with E-state index in [0.717, 1.165) is 23.6 Å². The molecule has 4 rings (SSSR count). The van der Waals surface area contributed by atoms with E-state index in [-0.39, 0.29) is 6.10 Å². The van der Waals surface area contributed by atoms with Gasteiger partial charge >= 0.3 is 0 Å². The largest absolute Gasteiger partial charge is 0.473 e. The molecule has 0 N–H and O–H groups in total. The molecule has 0 saturated carbocycles. The van der Waals surface area contributed by atoms with Crippen LogP contribution in [0.2, 0.25) is 0 Å². The summed E-state index contributed by atoms with van der Waals surface area (Å²) >= 11 is 0. The van der Waals surface area contributed by atoms with Gasteiger partial charge in [0.25, 0.3) is 0 Å². The van der Waals surface area contributed by atoms with E-state index in [1.807, 2.05) is 30.3 Å². The minimum atomic E-state index is -3.56. The molecular weight excluding hydrogens is 350 g/mol. The molecule has 0 aliphatic carbocycles. The quantitative estimate of drug-likeness (QED) is 0.707. The van der Waals surface area contributed by atoms with Crippen molar-refractivity contribution in [1.82, 2.24) is 14.3 Å². The van der Waals surface area contributed by atoms with Crippen LogP contribution in [0.3, 0.4) is 0 Å². The third-order valence-corrected chi connectivity index (χ3v) is 6.40. The van der Waals surface area contributed by atoms with Crippen molar-refractivity contribution in [2.24, 2.45) is 0 Å². The highest BCUT2D eigenvalue weighted by molar-refractivity contribution is 7.89. The zero-order valence-corrected chi connectivity index (χ0v) is 15.0. The number of rotatable bonds is 4. The van der Waals surface area contributed by atoms with Crippen molar-refractivity contribution in [2.75, 3.05) is 13.1 Å². The van der Waals surface area contributed by atoms with Gasteiger partial charge in [0, 0.05) is 18.8 Å². The van der Waals surface area contributed by atoms with Crippen LogP contribution in [0, 0.1) is 0 Å². The molecule has 1 saturated heterocycles. The summed E-state index contributed by atoms with van der Waals surface area (Å²) in [4.78, 5) is 8.23. The number of nitrogens with zero attached hydrogens (tertiary/aromatic N) is 3. The SMILES string of the molecule is O=S(=O)(c1ccc2ccccc2c1)N1CCCC(Oc2ccncn2)C1. The van der Waals surface area contributed by atoms with Crippen LogP contribution >= 0.6 is 0 Å². The summed E-state index contributed by atoms with van der Waals surface area (Å²) in [5, 5.41) is 1.94. The first kappa shape index (κ1) is 16.9.